The average Bonchev–Trinajstić information content (AvgIpc) is 2.28. The third-order valence-electron chi connectivity index (χ3n) is 4.06. The summed E-state index contributed by atoms with van der Waals surface area (Å²) in [6, 6.07) is 0. The van der Waals surface area contributed by atoms with Gasteiger partial charge in [0.15, 0.2) is 0 Å². The number of ketones is 1. The first-order chi connectivity index (χ1) is 8.27. The lowest BCUT2D eigenvalue weighted by molar-refractivity contribution is -0.123. The van der Waals surface area contributed by atoms with Gasteiger partial charge in [0.05, 0.1) is 12.9 Å². The molecule has 0 N–H and O–H groups in total. The second-order valence-corrected chi connectivity index (χ2v) is 7.71. The normalized spacial score (nSPS) is 22.2. The smallest absolute Gasteiger partial charge is 0.267 e. The molecule has 4 nitrogen and oxygen atoms in total. The predicted molar refractivity (Wildman–Crippen MR) is 70.8 cm³/mol. The van der Waals surface area contributed by atoms with Crippen molar-refractivity contribution in [1.29, 1.82) is 0 Å². The summed E-state index contributed by atoms with van der Waals surface area (Å²) in [5.41, 5.74) is 0.0271. The van der Waals surface area contributed by atoms with E-state index < -0.39 is 10.1 Å². The molecule has 0 aliphatic heterocycles. The molecule has 0 amide bonds. The van der Waals surface area contributed by atoms with Gasteiger partial charge in [-0.1, -0.05) is 13.8 Å². The Hall–Kier alpha value is -0.420. The van der Waals surface area contributed by atoms with Crippen molar-refractivity contribution < 1.29 is 17.4 Å². The molecule has 0 aromatic carbocycles. The van der Waals surface area contributed by atoms with E-state index >= 15 is 0 Å². The van der Waals surface area contributed by atoms with Crippen LogP contribution in [0.15, 0.2) is 0 Å². The molecule has 5 heteroatoms. The molecule has 0 aromatic rings. The van der Waals surface area contributed by atoms with Crippen LogP contribution in [-0.2, 0) is 19.1 Å². The van der Waals surface area contributed by atoms with Gasteiger partial charge in [-0.25, -0.2) is 0 Å². The number of carbonyl (C=O) groups is 1. The van der Waals surface area contributed by atoms with Crippen molar-refractivity contribution in [2.75, 3.05) is 12.9 Å². The van der Waals surface area contributed by atoms with Gasteiger partial charge in [0.2, 0.25) is 0 Å². The first-order valence-corrected chi connectivity index (χ1v) is 8.14. The number of Topliss-reactive ketones (excluding diaryl/α,β-unsaturated/α-hetero) is 1. The van der Waals surface area contributed by atoms with Crippen molar-refractivity contribution in [3.63, 3.8) is 0 Å². The first-order valence-electron chi connectivity index (χ1n) is 6.57. The van der Waals surface area contributed by atoms with Crippen LogP contribution in [0.25, 0.3) is 0 Å². The largest absolute Gasteiger partial charge is 0.300 e. The van der Waals surface area contributed by atoms with Gasteiger partial charge in [-0.2, -0.15) is 8.42 Å². The molecular formula is C13H24O4S. The Bertz CT molecular complexity index is 384. The minimum Gasteiger partial charge on any atom is -0.300 e. The van der Waals surface area contributed by atoms with Crippen molar-refractivity contribution in [2.45, 2.75) is 52.4 Å². The zero-order valence-electron chi connectivity index (χ0n) is 11.6. The van der Waals surface area contributed by atoms with E-state index in [0.717, 1.165) is 19.3 Å². The van der Waals surface area contributed by atoms with E-state index in [1.54, 1.807) is 0 Å². The van der Waals surface area contributed by atoms with Gasteiger partial charge in [0, 0.05) is 12.8 Å². The van der Waals surface area contributed by atoms with Crippen LogP contribution < -0.4 is 0 Å². The second-order valence-electron chi connectivity index (χ2n) is 5.85. The maximum atomic E-state index is 11.5. The SMILES string of the molecule is COS(=O)(=O)CCCC(C)(C)C1CCCC(=O)C1. The van der Waals surface area contributed by atoms with Crippen molar-refractivity contribution in [1.82, 2.24) is 0 Å². The molecular weight excluding hydrogens is 252 g/mol. The van der Waals surface area contributed by atoms with Crippen molar-refractivity contribution in [3.05, 3.63) is 0 Å². The number of rotatable bonds is 6. The number of hydrogen-bond donors (Lipinski definition) is 0. The molecule has 0 spiro atoms. The Morgan fingerprint density at radius 2 is 2.06 bits per heavy atom. The highest BCUT2D eigenvalue weighted by molar-refractivity contribution is 7.86. The maximum Gasteiger partial charge on any atom is 0.267 e. The maximum absolute atomic E-state index is 11.5. The van der Waals surface area contributed by atoms with Gasteiger partial charge in [0.1, 0.15) is 5.78 Å². The molecule has 1 rings (SSSR count). The Labute approximate surface area is 110 Å². The molecule has 1 atom stereocenters. The lowest BCUT2D eigenvalue weighted by atomic mass is 9.69. The lowest BCUT2D eigenvalue weighted by Crippen LogP contribution is -2.30. The van der Waals surface area contributed by atoms with Crippen LogP contribution in [0.3, 0.4) is 0 Å². The lowest BCUT2D eigenvalue weighted by Gasteiger charge is -2.36. The Balaban J connectivity index is 2.46. The highest BCUT2D eigenvalue weighted by Gasteiger charge is 2.33. The average molecular weight is 276 g/mol. The molecule has 0 bridgehead atoms. The molecule has 0 aromatic heterocycles. The fourth-order valence-corrected chi connectivity index (χ4v) is 3.35. The minimum atomic E-state index is -3.35. The Kier molecular flexibility index (Phi) is 5.34. The summed E-state index contributed by atoms with van der Waals surface area (Å²) in [4.78, 5) is 11.5. The van der Waals surface area contributed by atoms with E-state index in [-0.39, 0.29) is 11.2 Å². The van der Waals surface area contributed by atoms with Crippen LogP contribution in [0.1, 0.15) is 52.4 Å². The molecule has 0 saturated heterocycles. The monoisotopic (exact) mass is 276 g/mol. The third kappa shape index (κ3) is 4.69. The van der Waals surface area contributed by atoms with Crippen LogP contribution in [0, 0.1) is 11.3 Å². The van der Waals surface area contributed by atoms with Gasteiger partial charge in [-0.3, -0.25) is 8.98 Å². The quantitative estimate of drug-likeness (QED) is 0.699. The van der Waals surface area contributed by atoms with E-state index in [0.29, 0.717) is 31.0 Å². The van der Waals surface area contributed by atoms with Gasteiger partial charge in [-0.05, 0) is 37.0 Å². The van der Waals surface area contributed by atoms with E-state index in [1.165, 1.54) is 7.11 Å². The van der Waals surface area contributed by atoms with Crippen LogP contribution >= 0.6 is 0 Å². The fraction of sp³-hybridized carbons (Fsp3) is 0.923. The molecule has 0 radical (unpaired) electrons. The van der Waals surface area contributed by atoms with Crippen molar-refractivity contribution >= 4 is 15.9 Å². The highest BCUT2D eigenvalue weighted by Crippen LogP contribution is 2.40. The zero-order valence-corrected chi connectivity index (χ0v) is 12.4. The zero-order chi connectivity index (χ0) is 13.8. The fourth-order valence-electron chi connectivity index (χ4n) is 2.68. The second kappa shape index (κ2) is 6.15. The first kappa shape index (κ1) is 15.6. The van der Waals surface area contributed by atoms with Gasteiger partial charge in [-0.15, -0.1) is 0 Å². The summed E-state index contributed by atoms with van der Waals surface area (Å²) in [5.74, 6) is 0.806. The van der Waals surface area contributed by atoms with E-state index in [9.17, 15) is 13.2 Å². The van der Waals surface area contributed by atoms with Gasteiger partial charge >= 0.3 is 0 Å². The summed E-state index contributed by atoms with van der Waals surface area (Å²) in [7, 11) is -2.16. The molecule has 0 heterocycles. The molecule has 106 valence electrons. The van der Waals surface area contributed by atoms with Crippen molar-refractivity contribution in [2.24, 2.45) is 11.3 Å². The topological polar surface area (TPSA) is 60.4 Å². The molecule has 1 aliphatic carbocycles. The number of carbonyl (C=O) groups excluding carboxylic acids is 1. The third-order valence-corrected chi connectivity index (χ3v) is 5.35. The standard InChI is InChI=1S/C13H24O4S/c1-13(2,8-5-9-18(15,16)17-3)11-6-4-7-12(14)10-11/h11H,4-10H2,1-3H3. The van der Waals surface area contributed by atoms with E-state index in [1.807, 2.05) is 0 Å². The summed E-state index contributed by atoms with van der Waals surface area (Å²) < 4.78 is 26.9. The van der Waals surface area contributed by atoms with E-state index in [2.05, 4.69) is 18.0 Å². The number of hydrogen-bond acceptors (Lipinski definition) is 4. The van der Waals surface area contributed by atoms with Crippen LogP contribution in [-0.4, -0.2) is 27.1 Å². The minimum absolute atomic E-state index is 0.0271. The summed E-state index contributed by atoms with van der Waals surface area (Å²) in [6.07, 6.45) is 4.83. The summed E-state index contributed by atoms with van der Waals surface area (Å²) in [5, 5.41) is 0. The van der Waals surface area contributed by atoms with Crippen LogP contribution in [0.2, 0.25) is 0 Å². The summed E-state index contributed by atoms with van der Waals surface area (Å²) in [6.45, 7) is 4.27. The van der Waals surface area contributed by atoms with Crippen molar-refractivity contribution in [3.8, 4) is 0 Å². The Morgan fingerprint density at radius 3 is 2.61 bits per heavy atom. The predicted octanol–water partition coefficient (Wildman–Crippen LogP) is 2.53. The molecule has 1 aliphatic rings. The van der Waals surface area contributed by atoms with Gasteiger partial charge in [0.25, 0.3) is 10.1 Å². The molecule has 18 heavy (non-hydrogen) atoms. The molecule has 1 fully saturated rings. The molecule has 1 unspecified atom stereocenters. The Morgan fingerprint density at radius 1 is 1.39 bits per heavy atom. The molecule has 1 saturated carbocycles. The highest BCUT2D eigenvalue weighted by atomic mass is 32.2. The van der Waals surface area contributed by atoms with Gasteiger partial charge < -0.3 is 0 Å². The van der Waals surface area contributed by atoms with E-state index in [4.69, 9.17) is 0 Å². The van der Waals surface area contributed by atoms with Crippen LogP contribution in [0.4, 0.5) is 0 Å². The van der Waals surface area contributed by atoms with Crippen LogP contribution in [0.5, 0.6) is 0 Å². The summed E-state index contributed by atoms with van der Waals surface area (Å²) >= 11 is 0.